The number of hydrogen-bond acceptors (Lipinski definition) is 5. The molecule has 2 aromatic carbocycles. The number of carbonyl (C=O) groups is 1. The van der Waals surface area contributed by atoms with E-state index in [0.29, 0.717) is 11.7 Å². The molecule has 0 aliphatic heterocycles. The topological polar surface area (TPSA) is 61.6 Å². The van der Waals surface area contributed by atoms with Gasteiger partial charge in [-0.15, -0.1) is 0 Å². The summed E-state index contributed by atoms with van der Waals surface area (Å²) in [5.41, 5.74) is 2.09. The molecule has 0 N–H and O–H groups in total. The Morgan fingerprint density at radius 2 is 1.84 bits per heavy atom. The summed E-state index contributed by atoms with van der Waals surface area (Å²) in [6.45, 7) is 2.28. The average molecular weight is 337 g/mol. The van der Waals surface area contributed by atoms with Crippen LogP contribution in [0.5, 0.6) is 5.75 Å². The quantitative estimate of drug-likeness (QED) is 0.606. The summed E-state index contributed by atoms with van der Waals surface area (Å²) in [7, 11) is 0. The smallest absolute Gasteiger partial charge is 0.309 e. The Kier molecular flexibility index (Phi) is 5.46. The van der Waals surface area contributed by atoms with E-state index in [2.05, 4.69) is 4.98 Å². The third kappa shape index (κ3) is 4.94. The van der Waals surface area contributed by atoms with Crippen LogP contribution in [0, 0.1) is 6.92 Å². The number of carbonyl (C=O) groups excluding carboxylic acids is 1. The highest BCUT2D eigenvalue weighted by molar-refractivity contribution is 5.69. The van der Waals surface area contributed by atoms with Gasteiger partial charge in [-0.3, -0.25) is 4.79 Å². The van der Waals surface area contributed by atoms with Crippen LogP contribution in [-0.2, 0) is 16.1 Å². The van der Waals surface area contributed by atoms with Crippen molar-refractivity contribution in [1.29, 1.82) is 0 Å². The van der Waals surface area contributed by atoms with Gasteiger partial charge in [0.25, 0.3) is 0 Å². The van der Waals surface area contributed by atoms with Crippen LogP contribution in [0.25, 0.3) is 11.3 Å². The summed E-state index contributed by atoms with van der Waals surface area (Å²) in [5, 5.41) is 0. The standard InChI is InChI=1S/C20H19NO4/c1-15-7-9-17(10-8-15)23-12-11-20(22)24-14-19-21-13-18(25-19)16-5-3-2-4-6-16/h2-10,13H,11-12,14H2,1H3. The maximum absolute atomic E-state index is 11.8. The number of hydrogen-bond donors (Lipinski definition) is 0. The van der Waals surface area contributed by atoms with Crippen LogP contribution < -0.4 is 4.74 Å². The van der Waals surface area contributed by atoms with Crippen molar-refractivity contribution >= 4 is 5.97 Å². The monoisotopic (exact) mass is 337 g/mol. The second-order valence-electron chi connectivity index (χ2n) is 5.56. The molecule has 0 unspecified atom stereocenters. The molecule has 0 saturated carbocycles. The zero-order chi connectivity index (χ0) is 17.5. The van der Waals surface area contributed by atoms with E-state index in [0.717, 1.165) is 16.9 Å². The molecular weight excluding hydrogens is 318 g/mol. The third-order valence-corrected chi connectivity index (χ3v) is 3.56. The molecule has 0 aliphatic rings. The number of aryl methyl sites for hydroxylation is 1. The first-order chi connectivity index (χ1) is 12.2. The number of benzene rings is 2. The Morgan fingerprint density at radius 3 is 2.60 bits per heavy atom. The highest BCUT2D eigenvalue weighted by atomic mass is 16.5. The van der Waals surface area contributed by atoms with Crippen molar-refractivity contribution in [3.63, 3.8) is 0 Å². The molecule has 3 rings (SSSR count). The molecule has 5 heteroatoms. The Bertz CT molecular complexity index is 809. The second kappa shape index (κ2) is 8.15. The van der Waals surface area contributed by atoms with Crippen molar-refractivity contribution in [2.45, 2.75) is 20.0 Å². The molecule has 0 bridgehead atoms. The zero-order valence-corrected chi connectivity index (χ0v) is 14.0. The molecule has 1 heterocycles. The Balaban J connectivity index is 1.42. The number of rotatable bonds is 7. The maximum atomic E-state index is 11.8. The summed E-state index contributed by atoms with van der Waals surface area (Å²) >= 11 is 0. The van der Waals surface area contributed by atoms with Crippen molar-refractivity contribution in [1.82, 2.24) is 4.98 Å². The van der Waals surface area contributed by atoms with Crippen LogP contribution in [0.3, 0.4) is 0 Å². The van der Waals surface area contributed by atoms with Gasteiger partial charge in [0.2, 0.25) is 5.89 Å². The first kappa shape index (κ1) is 16.8. The molecule has 5 nitrogen and oxygen atoms in total. The number of esters is 1. The van der Waals surface area contributed by atoms with Crippen molar-refractivity contribution in [3.05, 3.63) is 72.2 Å². The summed E-state index contributed by atoms with van der Waals surface area (Å²) in [4.78, 5) is 15.9. The van der Waals surface area contributed by atoms with Crippen molar-refractivity contribution in [2.75, 3.05) is 6.61 Å². The Labute approximate surface area is 146 Å². The summed E-state index contributed by atoms with van der Waals surface area (Å²) in [6.07, 6.45) is 1.79. The summed E-state index contributed by atoms with van der Waals surface area (Å²) in [5.74, 6) is 1.39. The van der Waals surface area contributed by atoms with Crippen LogP contribution in [-0.4, -0.2) is 17.6 Å². The first-order valence-corrected chi connectivity index (χ1v) is 8.06. The first-order valence-electron chi connectivity index (χ1n) is 8.06. The van der Waals surface area contributed by atoms with Gasteiger partial charge in [-0.1, -0.05) is 48.0 Å². The fraction of sp³-hybridized carbons (Fsp3) is 0.200. The molecule has 0 atom stereocenters. The van der Waals surface area contributed by atoms with E-state index in [1.807, 2.05) is 61.5 Å². The lowest BCUT2D eigenvalue weighted by molar-refractivity contribution is -0.146. The van der Waals surface area contributed by atoms with Gasteiger partial charge in [-0.2, -0.15) is 0 Å². The van der Waals surface area contributed by atoms with E-state index < -0.39 is 0 Å². The van der Waals surface area contributed by atoms with E-state index in [9.17, 15) is 4.79 Å². The van der Waals surface area contributed by atoms with E-state index in [1.165, 1.54) is 0 Å². The van der Waals surface area contributed by atoms with Gasteiger partial charge in [0.1, 0.15) is 5.75 Å². The third-order valence-electron chi connectivity index (χ3n) is 3.56. The highest BCUT2D eigenvalue weighted by Gasteiger charge is 2.09. The number of ether oxygens (including phenoxy) is 2. The number of aromatic nitrogens is 1. The number of oxazole rings is 1. The normalized spacial score (nSPS) is 10.4. The molecule has 0 aliphatic carbocycles. The van der Waals surface area contributed by atoms with Gasteiger partial charge in [0, 0.05) is 5.56 Å². The van der Waals surface area contributed by atoms with Gasteiger partial charge in [0.15, 0.2) is 12.4 Å². The fourth-order valence-corrected chi connectivity index (χ4v) is 2.21. The molecule has 3 aromatic rings. The molecule has 128 valence electrons. The van der Waals surface area contributed by atoms with Crippen molar-refractivity contribution < 1.29 is 18.7 Å². The molecular formula is C20H19NO4. The Morgan fingerprint density at radius 1 is 1.08 bits per heavy atom. The second-order valence-corrected chi connectivity index (χ2v) is 5.56. The van der Waals surface area contributed by atoms with Crippen LogP contribution in [0.2, 0.25) is 0 Å². The molecule has 0 saturated heterocycles. The Hall–Kier alpha value is -3.08. The minimum Gasteiger partial charge on any atom is -0.493 e. The van der Waals surface area contributed by atoms with E-state index >= 15 is 0 Å². The van der Waals surface area contributed by atoms with Crippen molar-refractivity contribution in [2.24, 2.45) is 0 Å². The lowest BCUT2D eigenvalue weighted by atomic mass is 10.2. The minimum atomic E-state index is -0.355. The summed E-state index contributed by atoms with van der Waals surface area (Å²) < 4.78 is 16.3. The van der Waals surface area contributed by atoms with E-state index in [4.69, 9.17) is 13.9 Å². The maximum Gasteiger partial charge on any atom is 0.309 e. The molecule has 0 radical (unpaired) electrons. The predicted molar refractivity (Wildman–Crippen MR) is 93.0 cm³/mol. The van der Waals surface area contributed by atoms with Gasteiger partial charge < -0.3 is 13.9 Å². The largest absolute Gasteiger partial charge is 0.493 e. The molecule has 1 aromatic heterocycles. The molecule has 25 heavy (non-hydrogen) atoms. The summed E-state index contributed by atoms with van der Waals surface area (Å²) in [6, 6.07) is 17.3. The van der Waals surface area contributed by atoms with Crippen LogP contribution in [0.15, 0.2) is 65.2 Å². The minimum absolute atomic E-state index is 0.0101. The SMILES string of the molecule is Cc1ccc(OCCC(=O)OCc2ncc(-c3ccccc3)o2)cc1. The van der Waals surface area contributed by atoms with Gasteiger partial charge in [0.05, 0.1) is 19.2 Å². The van der Waals surface area contributed by atoms with Crippen LogP contribution in [0.4, 0.5) is 0 Å². The van der Waals surface area contributed by atoms with Gasteiger partial charge in [-0.05, 0) is 19.1 Å². The average Bonchev–Trinajstić information content (AvgIpc) is 3.11. The van der Waals surface area contributed by atoms with E-state index in [1.54, 1.807) is 6.20 Å². The molecule has 0 spiro atoms. The molecule has 0 amide bonds. The zero-order valence-electron chi connectivity index (χ0n) is 14.0. The highest BCUT2D eigenvalue weighted by Crippen LogP contribution is 2.20. The van der Waals surface area contributed by atoms with Gasteiger partial charge >= 0.3 is 5.97 Å². The van der Waals surface area contributed by atoms with Gasteiger partial charge in [-0.25, -0.2) is 4.98 Å². The van der Waals surface area contributed by atoms with E-state index in [-0.39, 0.29) is 25.6 Å². The predicted octanol–water partition coefficient (Wildman–Crippen LogP) is 4.16. The van der Waals surface area contributed by atoms with Crippen LogP contribution >= 0.6 is 0 Å². The lowest BCUT2D eigenvalue weighted by Gasteiger charge is -2.06. The molecule has 0 fully saturated rings. The van der Waals surface area contributed by atoms with Crippen LogP contribution in [0.1, 0.15) is 17.9 Å². The fourth-order valence-electron chi connectivity index (χ4n) is 2.21. The number of nitrogens with zero attached hydrogens (tertiary/aromatic N) is 1. The lowest BCUT2D eigenvalue weighted by Crippen LogP contribution is -2.10. The van der Waals surface area contributed by atoms with Crippen molar-refractivity contribution in [3.8, 4) is 17.1 Å².